The van der Waals surface area contributed by atoms with Crippen LogP contribution in [0.2, 0.25) is 0 Å². The Kier molecular flexibility index (Phi) is 5.48. The average molecular weight is 568 g/mol. The maximum atomic E-state index is 4.95. The molecule has 0 fully saturated rings. The van der Waals surface area contributed by atoms with E-state index in [1.54, 1.807) is 6.33 Å². The summed E-state index contributed by atoms with van der Waals surface area (Å²) in [5, 5.41) is 3.64. The first kappa shape index (κ1) is 25.2. The molecule has 0 radical (unpaired) electrons. The van der Waals surface area contributed by atoms with Crippen molar-refractivity contribution in [1.29, 1.82) is 0 Å². The minimum absolute atomic E-state index is 0.0302. The van der Waals surface area contributed by atoms with Crippen LogP contribution in [-0.2, 0) is 0 Å². The molecule has 5 heterocycles. The molecule has 0 N–H and O–H groups in total. The highest BCUT2D eigenvalue weighted by Gasteiger charge is 2.45. The molecular formula is C38H30BN5. The molecule has 2 aliphatic heterocycles. The van der Waals surface area contributed by atoms with E-state index in [4.69, 9.17) is 4.98 Å². The monoisotopic (exact) mass is 567 g/mol. The van der Waals surface area contributed by atoms with Crippen molar-refractivity contribution in [1.82, 2.24) is 19.1 Å². The van der Waals surface area contributed by atoms with Crippen LogP contribution < -0.4 is 21.3 Å². The van der Waals surface area contributed by atoms with E-state index in [2.05, 4.69) is 148 Å². The maximum Gasteiger partial charge on any atom is 0.255 e. The first-order chi connectivity index (χ1) is 21.8. The van der Waals surface area contributed by atoms with Gasteiger partial charge in [-0.15, -0.1) is 0 Å². The Labute approximate surface area is 256 Å². The molecule has 0 bridgehead atoms. The van der Waals surface area contributed by atoms with E-state index < -0.39 is 0 Å². The van der Waals surface area contributed by atoms with Crippen molar-refractivity contribution in [3.63, 3.8) is 0 Å². The van der Waals surface area contributed by atoms with Crippen LogP contribution in [0.1, 0.15) is 26.3 Å². The topological polar surface area (TPSA) is 38.9 Å². The van der Waals surface area contributed by atoms with E-state index in [0.29, 0.717) is 0 Å². The molecule has 0 amide bonds. The minimum atomic E-state index is 0.0302. The van der Waals surface area contributed by atoms with Gasteiger partial charge in [-0.2, -0.15) is 0 Å². The Morgan fingerprint density at radius 2 is 1.61 bits per heavy atom. The lowest BCUT2D eigenvalue weighted by molar-refractivity contribution is 0.666. The number of anilines is 3. The molecule has 0 saturated heterocycles. The van der Waals surface area contributed by atoms with Crippen LogP contribution in [0.4, 0.5) is 17.1 Å². The van der Waals surface area contributed by atoms with Crippen molar-refractivity contribution in [3.05, 3.63) is 128 Å². The van der Waals surface area contributed by atoms with Crippen molar-refractivity contribution in [2.45, 2.75) is 26.3 Å². The van der Waals surface area contributed by atoms with Gasteiger partial charge >= 0.3 is 0 Å². The number of rotatable bonds is 5. The predicted molar refractivity (Wildman–Crippen MR) is 184 cm³/mol. The van der Waals surface area contributed by atoms with Crippen molar-refractivity contribution >= 4 is 73.0 Å². The molecule has 0 aliphatic carbocycles. The second-order valence-corrected chi connectivity index (χ2v) is 11.7. The number of hydrogen-bond acceptors (Lipinski definition) is 3. The third-order valence-electron chi connectivity index (χ3n) is 9.34. The summed E-state index contributed by atoms with van der Waals surface area (Å²) < 4.78 is 4.94. The standard InChI is InChI=1S/C38H30BN5/c1-3-4-5-7-14-25(2)42-37-29(23-40-24-41-37)34-38(42)44-31-19-12-10-17-27(31)28-21-22-33-35(36(28)44)39(34)30-18-11-13-20-32(30)43(33)26-15-8-6-9-16-26/h4-25H,3H2,1-2H3/b5-4-,14-7-. The fourth-order valence-electron chi connectivity index (χ4n) is 7.63. The third-order valence-corrected chi connectivity index (χ3v) is 9.34. The highest BCUT2D eigenvalue weighted by Crippen LogP contribution is 2.43. The van der Waals surface area contributed by atoms with E-state index in [1.165, 1.54) is 55.4 Å². The number of hydrogen-bond donors (Lipinski definition) is 0. The minimum Gasteiger partial charge on any atom is -0.311 e. The second kappa shape index (κ2) is 9.58. The Morgan fingerprint density at radius 3 is 2.50 bits per heavy atom. The number of aromatic nitrogens is 4. The fraction of sp³-hybridized carbons (Fsp3) is 0.105. The fourth-order valence-corrected chi connectivity index (χ4v) is 7.63. The van der Waals surface area contributed by atoms with Gasteiger partial charge in [0.2, 0.25) is 0 Å². The highest BCUT2D eigenvalue weighted by atomic mass is 15.2. The number of nitrogens with zero attached hydrogens (tertiary/aromatic N) is 5. The third kappa shape index (κ3) is 3.31. The van der Waals surface area contributed by atoms with Crippen LogP contribution in [0.3, 0.4) is 0 Å². The van der Waals surface area contributed by atoms with Crippen molar-refractivity contribution in [2.24, 2.45) is 0 Å². The van der Waals surface area contributed by atoms with Crippen LogP contribution in [-0.4, -0.2) is 25.8 Å². The molecule has 3 aromatic heterocycles. The van der Waals surface area contributed by atoms with Gasteiger partial charge in [0.15, 0.2) is 0 Å². The van der Waals surface area contributed by atoms with Gasteiger partial charge in [0.1, 0.15) is 17.8 Å². The zero-order chi connectivity index (χ0) is 29.4. The van der Waals surface area contributed by atoms with Gasteiger partial charge < -0.3 is 9.47 Å². The van der Waals surface area contributed by atoms with Gasteiger partial charge in [-0.1, -0.05) is 91.9 Å². The van der Waals surface area contributed by atoms with Gasteiger partial charge in [-0.3, -0.25) is 4.57 Å². The van der Waals surface area contributed by atoms with E-state index >= 15 is 0 Å². The van der Waals surface area contributed by atoms with Crippen molar-refractivity contribution in [3.8, 4) is 5.82 Å². The predicted octanol–water partition coefficient (Wildman–Crippen LogP) is 7.22. The normalized spacial score (nSPS) is 14.3. The summed E-state index contributed by atoms with van der Waals surface area (Å²) in [4.78, 5) is 12.0. The lowest BCUT2D eigenvalue weighted by Gasteiger charge is -2.39. The Balaban J connectivity index is 1.47. The summed E-state index contributed by atoms with van der Waals surface area (Å²) in [6.07, 6.45) is 13.5. The lowest BCUT2D eigenvalue weighted by atomic mass is 9.34. The zero-order valence-electron chi connectivity index (χ0n) is 24.7. The Bertz CT molecular complexity index is 2310. The molecule has 1 unspecified atom stereocenters. The Hall–Kier alpha value is -5.36. The molecule has 5 nitrogen and oxygen atoms in total. The molecule has 7 aromatic rings. The molecule has 6 heteroatoms. The van der Waals surface area contributed by atoms with Crippen LogP contribution >= 0.6 is 0 Å². The summed E-state index contributed by atoms with van der Waals surface area (Å²) in [6, 6.07) is 33.2. The molecule has 210 valence electrons. The van der Waals surface area contributed by atoms with Crippen molar-refractivity contribution < 1.29 is 0 Å². The first-order valence-corrected chi connectivity index (χ1v) is 15.5. The molecule has 9 rings (SSSR count). The summed E-state index contributed by atoms with van der Waals surface area (Å²) in [5.41, 5.74) is 10.9. The summed E-state index contributed by atoms with van der Waals surface area (Å²) in [5.74, 6) is 1.18. The van der Waals surface area contributed by atoms with Crippen LogP contribution in [0.25, 0.3) is 38.7 Å². The summed E-state index contributed by atoms with van der Waals surface area (Å²) in [6.45, 7) is 4.46. The van der Waals surface area contributed by atoms with E-state index in [9.17, 15) is 0 Å². The van der Waals surface area contributed by atoms with Crippen LogP contribution in [0.15, 0.2) is 128 Å². The quantitative estimate of drug-likeness (QED) is 0.163. The number of para-hydroxylation sites is 3. The summed E-state index contributed by atoms with van der Waals surface area (Å²) in [7, 11) is 0. The van der Waals surface area contributed by atoms with Gasteiger partial charge in [-0.25, -0.2) is 9.97 Å². The molecule has 0 spiro atoms. The van der Waals surface area contributed by atoms with E-state index in [0.717, 1.165) is 23.1 Å². The number of allylic oxidation sites excluding steroid dienone is 4. The smallest absolute Gasteiger partial charge is 0.255 e. The first-order valence-electron chi connectivity index (χ1n) is 15.5. The maximum absolute atomic E-state index is 4.95. The largest absolute Gasteiger partial charge is 0.311 e. The SMILES string of the molecule is CC/C=C\C=C/C(C)n1c2c(c3cncnc31)B1c3ccccc3N(c3ccccc3)c3ccc4c5ccccc5n-2c4c31. The van der Waals surface area contributed by atoms with Gasteiger partial charge in [0.25, 0.3) is 6.71 Å². The number of benzene rings is 4. The molecule has 0 saturated carbocycles. The molecule has 4 aromatic carbocycles. The van der Waals surface area contributed by atoms with Gasteiger partial charge in [0, 0.05) is 39.4 Å². The number of fused-ring (bicyclic) bond motifs is 10. The van der Waals surface area contributed by atoms with Crippen LogP contribution in [0.5, 0.6) is 0 Å². The van der Waals surface area contributed by atoms with Crippen molar-refractivity contribution in [2.75, 3.05) is 4.90 Å². The van der Waals surface area contributed by atoms with Gasteiger partial charge in [0.05, 0.1) is 17.1 Å². The van der Waals surface area contributed by atoms with E-state index in [-0.39, 0.29) is 12.8 Å². The summed E-state index contributed by atoms with van der Waals surface area (Å²) >= 11 is 0. The lowest BCUT2D eigenvalue weighted by Crippen LogP contribution is -2.60. The highest BCUT2D eigenvalue weighted by molar-refractivity contribution is 7.01. The molecular weight excluding hydrogens is 537 g/mol. The zero-order valence-corrected chi connectivity index (χ0v) is 24.7. The average Bonchev–Trinajstić information content (AvgIpc) is 3.60. The molecule has 2 aliphatic rings. The van der Waals surface area contributed by atoms with Gasteiger partial charge in [-0.05, 0) is 60.1 Å². The second-order valence-electron chi connectivity index (χ2n) is 11.7. The van der Waals surface area contributed by atoms with Crippen LogP contribution in [0, 0.1) is 0 Å². The Morgan fingerprint density at radius 1 is 0.795 bits per heavy atom. The molecule has 44 heavy (non-hydrogen) atoms. The molecule has 1 atom stereocenters. The van der Waals surface area contributed by atoms with E-state index in [1.807, 2.05) is 6.20 Å².